The summed E-state index contributed by atoms with van der Waals surface area (Å²) in [5.41, 5.74) is -3.68. The first-order valence-corrected chi connectivity index (χ1v) is 13.1. The summed E-state index contributed by atoms with van der Waals surface area (Å²) >= 11 is 0. The zero-order valence-electron chi connectivity index (χ0n) is 21.8. The number of Topliss-reactive ketones (excluding diaryl/α,β-unsaturated/α-hetero) is 1. The second-order valence-corrected chi connectivity index (χ2v) is 12.7. The van der Waals surface area contributed by atoms with Crippen LogP contribution in [0.15, 0.2) is 23.8 Å². The quantitative estimate of drug-likeness (QED) is 0.628. The molecule has 7 heteroatoms. The van der Waals surface area contributed by atoms with Gasteiger partial charge in [0.1, 0.15) is 12.8 Å². The van der Waals surface area contributed by atoms with Crippen molar-refractivity contribution in [2.75, 3.05) is 13.2 Å². The number of halogens is 1. The number of aliphatic hydroxyl groups excluding tert-OH is 2. The first kappa shape index (κ1) is 25.2. The fraction of sp³-hybridized carbons (Fsp3) is 0.786. The van der Waals surface area contributed by atoms with Gasteiger partial charge in [-0.15, -0.1) is 0 Å². The Morgan fingerprint density at radius 3 is 2.60 bits per heavy atom. The Morgan fingerprint density at radius 1 is 1.29 bits per heavy atom. The van der Waals surface area contributed by atoms with Crippen molar-refractivity contribution in [1.82, 2.24) is 5.06 Å². The lowest BCUT2D eigenvalue weighted by molar-refractivity contribution is -0.289. The Balaban J connectivity index is 1.67. The molecule has 0 aromatic carbocycles. The fourth-order valence-electron chi connectivity index (χ4n) is 9.29. The number of nitrogens with zero attached hydrogens (tertiary/aromatic N) is 1. The molecule has 4 aliphatic carbocycles. The first-order chi connectivity index (χ1) is 16.3. The number of aliphatic hydroxyl groups is 2. The van der Waals surface area contributed by atoms with Crippen molar-refractivity contribution in [2.45, 2.75) is 91.1 Å². The zero-order valence-corrected chi connectivity index (χ0v) is 21.8. The van der Waals surface area contributed by atoms with E-state index in [4.69, 9.17) is 4.84 Å². The third-order valence-electron chi connectivity index (χ3n) is 11.8. The molecule has 0 aromatic rings. The molecule has 35 heavy (non-hydrogen) atoms. The van der Waals surface area contributed by atoms with Crippen LogP contribution in [0.3, 0.4) is 0 Å². The van der Waals surface area contributed by atoms with Gasteiger partial charge in [-0.1, -0.05) is 40.7 Å². The van der Waals surface area contributed by atoms with Crippen molar-refractivity contribution in [2.24, 2.45) is 33.5 Å². The van der Waals surface area contributed by atoms with Gasteiger partial charge in [-0.05, 0) is 61.7 Å². The molecule has 0 bridgehead atoms. The van der Waals surface area contributed by atoms with Gasteiger partial charge in [0.25, 0.3) is 0 Å². The molecule has 0 spiro atoms. The van der Waals surface area contributed by atoms with Gasteiger partial charge in [0, 0.05) is 34.7 Å². The highest BCUT2D eigenvalue weighted by Crippen LogP contribution is 2.79. The minimum atomic E-state index is -1.30. The molecule has 0 aromatic heterocycles. The van der Waals surface area contributed by atoms with Crippen molar-refractivity contribution in [3.8, 4) is 0 Å². The van der Waals surface area contributed by atoms with E-state index >= 15 is 4.39 Å². The van der Waals surface area contributed by atoms with E-state index in [-0.39, 0.29) is 35.9 Å². The Bertz CT molecular complexity index is 1030. The predicted octanol–water partition coefficient (Wildman–Crippen LogP) is 3.57. The third-order valence-corrected chi connectivity index (χ3v) is 11.8. The molecular weight excluding hydrogens is 449 g/mol. The average molecular weight is 490 g/mol. The molecule has 4 fully saturated rings. The highest BCUT2D eigenvalue weighted by Gasteiger charge is 2.81. The van der Waals surface area contributed by atoms with Gasteiger partial charge in [0.15, 0.2) is 17.2 Å². The smallest absolute Gasteiger partial charge is 0.192 e. The van der Waals surface area contributed by atoms with Gasteiger partial charge < -0.3 is 10.2 Å². The second-order valence-electron chi connectivity index (χ2n) is 12.7. The topological polar surface area (TPSA) is 87.1 Å². The van der Waals surface area contributed by atoms with Crippen LogP contribution in [-0.4, -0.2) is 63.9 Å². The number of fused-ring (bicyclic) bond motifs is 7. The zero-order chi connectivity index (χ0) is 25.8. The molecule has 1 saturated heterocycles. The molecule has 10 atom stereocenters. The monoisotopic (exact) mass is 489 g/mol. The molecule has 3 saturated carbocycles. The lowest BCUT2D eigenvalue weighted by atomic mass is 9.35. The van der Waals surface area contributed by atoms with Crippen LogP contribution in [0.2, 0.25) is 0 Å². The average Bonchev–Trinajstić information content (AvgIpc) is 3.28. The predicted molar refractivity (Wildman–Crippen MR) is 129 cm³/mol. The van der Waals surface area contributed by atoms with Gasteiger partial charge in [-0.3, -0.25) is 14.4 Å². The van der Waals surface area contributed by atoms with Crippen molar-refractivity contribution >= 4 is 11.6 Å². The van der Waals surface area contributed by atoms with E-state index < -0.39 is 46.1 Å². The fourth-order valence-corrected chi connectivity index (χ4v) is 9.29. The van der Waals surface area contributed by atoms with Gasteiger partial charge in [-0.25, -0.2) is 4.39 Å². The van der Waals surface area contributed by atoms with Crippen LogP contribution in [0, 0.1) is 33.5 Å². The number of allylic oxidation sites excluding steroid dienone is 4. The van der Waals surface area contributed by atoms with Gasteiger partial charge in [0.2, 0.25) is 0 Å². The van der Waals surface area contributed by atoms with Crippen LogP contribution in [0.5, 0.6) is 0 Å². The van der Waals surface area contributed by atoms with E-state index in [1.807, 2.05) is 25.8 Å². The number of carbonyl (C=O) groups excluding carboxylic acids is 2. The molecule has 5 rings (SSSR count). The summed E-state index contributed by atoms with van der Waals surface area (Å²) in [5.74, 6) is -0.983. The molecule has 1 unspecified atom stereocenters. The van der Waals surface area contributed by atoms with Gasteiger partial charge >= 0.3 is 0 Å². The Morgan fingerprint density at radius 2 is 1.97 bits per heavy atom. The molecule has 1 heterocycles. The van der Waals surface area contributed by atoms with Crippen LogP contribution in [0.25, 0.3) is 0 Å². The number of carbonyl (C=O) groups is 2. The number of hydrogen-bond acceptors (Lipinski definition) is 6. The molecule has 6 nitrogen and oxygen atoms in total. The van der Waals surface area contributed by atoms with E-state index in [2.05, 4.69) is 20.8 Å². The number of rotatable bonds is 4. The molecule has 2 N–H and O–H groups in total. The molecule has 1 aliphatic heterocycles. The molecular formula is C28H40FNO5. The summed E-state index contributed by atoms with van der Waals surface area (Å²) in [4.78, 5) is 32.4. The van der Waals surface area contributed by atoms with Crippen molar-refractivity contribution in [1.29, 1.82) is 0 Å². The van der Waals surface area contributed by atoms with Gasteiger partial charge in [-0.2, -0.15) is 5.06 Å². The third kappa shape index (κ3) is 2.68. The van der Waals surface area contributed by atoms with E-state index in [9.17, 15) is 19.8 Å². The minimum absolute atomic E-state index is 0.110. The minimum Gasteiger partial charge on any atom is -0.392 e. The number of ketones is 2. The van der Waals surface area contributed by atoms with Crippen molar-refractivity contribution in [3.05, 3.63) is 23.8 Å². The molecule has 194 valence electrons. The highest BCUT2D eigenvalue weighted by atomic mass is 19.1. The molecule has 5 aliphatic rings. The Hall–Kier alpha value is -1.41. The summed E-state index contributed by atoms with van der Waals surface area (Å²) in [7, 11) is 0. The van der Waals surface area contributed by atoms with E-state index in [0.717, 1.165) is 6.42 Å². The van der Waals surface area contributed by atoms with Crippen molar-refractivity contribution in [3.63, 3.8) is 0 Å². The Kier molecular flexibility index (Phi) is 5.45. The normalized spacial score (nSPS) is 51.8. The van der Waals surface area contributed by atoms with Crippen LogP contribution in [0.1, 0.15) is 67.2 Å². The summed E-state index contributed by atoms with van der Waals surface area (Å²) in [6.45, 7) is 12.2. The highest BCUT2D eigenvalue weighted by molar-refractivity contribution is 6.01. The lowest BCUT2D eigenvalue weighted by Gasteiger charge is -2.69. The van der Waals surface area contributed by atoms with Crippen LogP contribution in [-0.2, 0) is 14.4 Å². The standard InChI is InChI=1S/C28H40FNO5/c1-7-16(2)30-14-17-12-25(4)21-11-20(29)19-10-18(32)8-9-24(19,3)27(21,6)22(33)13-26(25,5)28(17,35-30)23(34)15-31/h8-10,16-17,20-22,31,33H,7,11-15H2,1-6H3/t16?,17-,20-,21-,22-,24-,25-,26-,27+,28-/m0/s1. The maximum Gasteiger partial charge on any atom is 0.192 e. The van der Waals surface area contributed by atoms with E-state index in [1.165, 1.54) is 12.2 Å². The first-order valence-electron chi connectivity index (χ1n) is 13.1. The van der Waals surface area contributed by atoms with E-state index in [1.54, 1.807) is 6.08 Å². The molecule has 0 radical (unpaired) electrons. The van der Waals surface area contributed by atoms with Crippen molar-refractivity contribution < 1.29 is 29.0 Å². The summed E-state index contributed by atoms with van der Waals surface area (Å²) < 4.78 is 15.9. The lowest BCUT2D eigenvalue weighted by Crippen LogP contribution is -2.71. The van der Waals surface area contributed by atoms with Crippen LogP contribution in [0.4, 0.5) is 4.39 Å². The van der Waals surface area contributed by atoms with E-state index in [0.29, 0.717) is 25.0 Å². The summed E-state index contributed by atoms with van der Waals surface area (Å²) in [6, 6.07) is 0.110. The van der Waals surface area contributed by atoms with Gasteiger partial charge in [0.05, 0.1) is 6.10 Å². The summed E-state index contributed by atoms with van der Waals surface area (Å²) in [6.07, 6.45) is 4.55. The molecule has 0 amide bonds. The maximum absolute atomic E-state index is 15.9. The summed E-state index contributed by atoms with van der Waals surface area (Å²) in [5, 5.41) is 23.9. The van der Waals surface area contributed by atoms with Crippen LogP contribution >= 0.6 is 0 Å². The SMILES string of the molecule is CCC(C)N1C[C@@H]2C[C@@]3(C)[C@@H]4C[C@H](F)C5=CC(=O)C=C[C@]5(C)[C@@]4(C)[C@@H](O)C[C@]3(C)[C@]2(C(=O)CO)O1. The second kappa shape index (κ2) is 7.56. The maximum atomic E-state index is 15.9. The number of hydroxylamine groups is 2. The van der Waals surface area contributed by atoms with Crippen LogP contribution < -0.4 is 0 Å². The number of alkyl halides is 1. The largest absolute Gasteiger partial charge is 0.392 e. The Labute approximate surface area is 207 Å². The number of hydrogen-bond donors (Lipinski definition) is 2.